The van der Waals surface area contributed by atoms with Crippen LogP contribution in [0.4, 0.5) is 0 Å². The molecule has 5 heteroatoms. The average molecular weight is 331 g/mol. The number of pyridine rings is 1. The first kappa shape index (κ1) is 11.6. The van der Waals surface area contributed by atoms with E-state index in [1.807, 2.05) is 24.3 Å². The van der Waals surface area contributed by atoms with Crippen molar-refractivity contribution in [2.45, 2.75) is 37.6 Å². The SMILES string of the molecule is [2H]C([2H])([2H])C(C)(O)c1cccn2c(C3(c4ccc(Cl)cc4)CC3)nnc12. The van der Waals surface area contributed by atoms with Gasteiger partial charge in [0, 0.05) is 20.9 Å². The number of benzene rings is 1. The van der Waals surface area contributed by atoms with Gasteiger partial charge in [-0.1, -0.05) is 29.8 Å². The molecule has 0 saturated heterocycles. The fourth-order valence-electron chi connectivity index (χ4n) is 3.16. The van der Waals surface area contributed by atoms with E-state index in [0.29, 0.717) is 10.7 Å². The van der Waals surface area contributed by atoms with Crippen LogP contribution in [-0.2, 0) is 11.0 Å². The van der Waals surface area contributed by atoms with Gasteiger partial charge < -0.3 is 5.11 Å². The molecule has 1 aromatic carbocycles. The van der Waals surface area contributed by atoms with Crippen LogP contribution in [0.1, 0.15) is 47.7 Å². The lowest BCUT2D eigenvalue weighted by Gasteiger charge is -2.19. The van der Waals surface area contributed by atoms with E-state index >= 15 is 0 Å². The molecule has 0 spiro atoms. The maximum atomic E-state index is 10.6. The van der Waals surface area contributed by atoms with E-state index in [-0.39, 0.29) is 11.0 Å². The zero-order valence-corrected chi connectivity index (χ0v) is 13.4. The van der Waals surface area contributed by atoms with Crippen LogP contribution in [0.5, 0.6) is 0 Å². The van der Waals surface area contributed by atoms with Gasteiger partial charge in [0.2, 0.25) is 0 Å². The summed E-state index contributed by atoms with van der Waals surface area (Å²) in [5.41, 5.74) is -0.565. The molecule has 1 atom stereocenters. The van der Waals surface area contributed by atoms with E-state index in [0.717, 1.165) is 24.2 Å². The fraction of sp³-hybridized carbons (Fsp3) is 0.333. The van der Waals surface area contributed by atoms with Gasteiger partial charge in [-0.3, -0.25) is 4.40 Å². The molecule has 2 heterocycles. The molecule has 0 aliphatic heterocycles. The summed E-state index contributed by atoms with van der Waals surface area (Å²) in [5, 5.41) is 19.9. The topological polar surface area (TPSA) is 50.4 Å². The summed E-state index contributed by atoms with van der Waals surface area (Å²) in [7, 11) is 0. The van der Waals surface area contributed by atoms with Crippen molar-refractivity contribution in [2.75, 3.05) is 0 Å². The Labute approximate surface area is 144 Å². The van der Waals surface area contributed by atoms with Gasteiger partial charge in [0.25, 0.3) is 0 Å². The number of aliphatic hydroxyl groups is 1. The second-order valence-electron chi connectivity index (χ2n) is 6.30. The quantitative estimate of drug-likeness (QED) is 0.796. The minimum absolute atomic E-state index is 0.241. The molecule has 0 amide bonds. The Hall–Kier alpha value is -1.91. The molecule has 1 fully saturated rings. The lowest BCUT2D eigenvalue weighted by Crippen LogP contribution is -2.18. The van der Waals surface area contributed by atoms with Gasteiger partial charge in [-0.25, -0.2) is 0 Å². The predicted octanol–water partition coefficient (Wildman–Crippen LogP) is 3.69. The highest BCUT2D eigenvalue weighted by Gasteiger charge is 2.49. The second kappa shape index (κ2) is 4.79. The molecule has 1 aliphatic rings. The van der Waals surface area contributed by atoms with E-state index in [2.05, 4.69) is 10.2 Å². The van der Waals surface area contributed by atoms with E-state index in [4.69, 9.17) is 15.7 Å². The molecule has 2 aromatic heterocycles. The second-order valence-corrected chi connectivity index (χ2v) is 6.74. The summed E-state index contributed by atoms with van der Waals surface area (Å²) in [6.45, 7) is -1.29. The van der Waals surface area contributed by atoms with Crippen LogP contribution in [0, 0.1) is 0 Å². The third kappa shape index (κ3) is 2.25. The Morgan fingerprint density at radius 1 is 1.26 bits per heavy atom. The van der Waals surface area contributed by atoms with Crippen molar-refractivity contribution < 1.29 is 9.22 Å². The number of halogens is 1. The molecule has 1 saturated carbocycles. The smallest absolute Gasteiger partial charge is 0.166 e. The molecule has 4 nitrogen and oxygen atoms in total. The van der Waals surface area contributed by atoms with E-state index in [1.54, 1.807) is 22.7 Å². The standard InChI is InChI=1S/C18H18ClN3O/c1-17(2,23)14-4-3-11-22-15(14)20-21-16(22)18(9-10-18)12-5-7-13(19)8-6-12/h3-8,11,23H,9-10H2,1-2H3/i1D3. The van der Waals surface area contributed by atoms with Crippen molar-refractivity contribution in [3.05, 3.63) is 64.6 Å². The third-order valence-electron chi connectivity index (χ3n) is 4.53. The first-order valence-corrected chi connectivity index (χ1v) is 7.88. The highest BCUT2D eigenvalue weighted by Crippen LogP contribution is 2.53. The molecule has 1 N–H and O–H groups in total. The maximum Gasteiger partial charge on any atom is 0.166 e. The molecule has 0 radical (unpaired) electrons. The van der Waals surface area contributed by atoms with Crippen LogP contribution in [0.2, 0.25) is 5.02 Å². The van der Waals surface area contributed by atoms with Crippen LogP contribution in [0.15, 0.2) is 42.6 Å². The Balaban J connectivity index is 1.87. The number of hydrogen-bond acceptors (Lipinski definition) is 3. The predicted molar refractivity (Wildman–Crippen MR) is 89.7 cm³/mol. The average Bonchev–Trinajstić information content (AvgIpc) is 3.26. The normalized spacial score (nSPS) is 21.3. The summed E-state index contributed by atoms with van der Waals surface area (Å²) in [6, 6.07) is 11.0. The zero-order chi connectivity index (χ0) is 18.7. The summed E-state index contributed by atoms with van der Waals surface area (Å²) in [5.74, 6) is 0.748. The molecule has 23 heavy (non-hydrogen) atoms. The van der Waals surface area contributed by atoms with Crippen LogP contribution >= 0.6 is 11.6 Å². The molecule has 1 aliphatic carbocycles. The van der Waals surface area contributed by atoms with E-state index < -0.39 is 12.5 Å². The summed E-state index contributed by atoms with van der Waals surface area (Å²) < 4.78 is 24.8. The van der Waals surface area contributed by atoms with E-state index in [9.17, 15) is 5.11 Å². The summed E-state index contributed by atoms with van der Waals surface area (Å²) >= 11 is 6.00. The Morgan fingerprint density at radius 2 is 2.00 bits per heavy atom. The lowest BCUT2D eigenvalue weighted by molar-refractivity contribution is 0.0796. The molecule has 1 unspecified atom stereocenters. The van der Waals surface area contributed by atoms with Gasteiger partial charge in [-0.2, -0.15) is 0 Å². The highest BCUT2D eigenvalue weighted by atomic mass is 35.5. The summed E-state index contributed by atoms with van der Waals surface area (Å²) in [4.78, 5) is 0. The van der Waals surface area contributed by atoms with Crippen molar-refractivity contribution in [3.8, 4) is 0 Å². The van der Waals surface area contributed by atoms with Gasteiger partial charge in [-0.15, -0.1) is 10.2 Å². The zero-order valence-electron chi connectivity index (χ0n) is 15.6. The van der Waals surface area contributed by atoms with Crippen molar-refractivity contribution in [3.63, 3.8) is 0 Å². The molecule has 0 bridgehead atoms. The first-order chi connectivity index (χ1) is 12.2. The van der Waals surface area contributed by atoms with Crippen LogP contribution < -0.4 is 0 Å². The van der Waals surface area contributed by atoms with E-state index in [1.165, 1.54) is 6.92 Å². The summed E-state index contributed by atoms with van der Waals surface area (Å²) in [6.07, 6.45) is 3.66. The van der Waals surface area contributed by atoms with Crippen molar-refractivity contribution in [1.29, 1.82) is 0 Å². The number of hydrogen-bond donors (Lipinski definition) is 1. The molecule has 3 aromatic rings. The van der Waals surface area contributed by atoms with Gasteiger partial charge in [0.05, 0.1) is 11.0 Å². The van der Waals surface area contributed by atoms with Crippen LogP contribution in [0.3, 0.4) is 0 Å². The van der Waals surface area contributed by atoms with Crippen LogP contribution in [-0.4, -0.2) is 19.7 Å². The highest BCUT2D eigenvalue weighted by molar-refractivity contribution is 6.30. The van der Waals surface area contributed by atoms with Gasteiger partial charge in [0.1, 0.15) is 5.82 Å². The number of aromatic nitrogens is 3. The Morgan fingerprint density at radius 3 is 2.65 bits per heavy atom. The number of rotatable bonds is 3. The Kier molecular flexibility index (Phi) is 2.42. The van der Waals surface area contributed by atoms with Crippen molar-refractivity contribution in [2.24, 2.45) is 0 Å². The fourth-order valence-corrected chi connectivity index (χ4v) is 3.28. The largest absolute Gasteiger partial charge is 0.386 e. The molecular weight excluding hydrogens is 310 g/mol. The van der Waals surface area contributed by atoms with Gasteiger partial charge >= 0.3 is 0 Å². The molecular formula is C18H18ClN3O. The molecule has 118 valence electrons. The van der Waals surface area contributed by atoms with Gasteiger partial charge in [-0.05, 0) is 50.4 Å². The minimum atomic E-state index is -2.57. The monoisotopic (exact) mass is 330 g/mol. The van der Waals surface area contributed by atoms with Crippen molar-refractivity contribution in [1.82, 2.24) is 14.6 Å². The molecule has 4 rings (SSSR count). The van der Waals surface area contributed by atoms with Crippen molar-refractivity contribution >= 4 is 17.2 Å². The minimum Gasteiger partial charge on any atom is -0.386 e. The number of nitrogens with zero attached hydrogens (tertiary/aromatic N) is 3. The number of fused-ring (bicyclic) bond motifs is 1. The third-order valence-corrected chi connectivity index (χ3v) is 4.79. The maximum absolute atomic E-state index is 10.6. The van der Waals surface area contributed by atoms with Gasteiger partial charge in [0.15, 0.2) is 5.65 Å². The van der Waals surface area contributed by atoms with Crippen LogP contribution in [0.25, 0.3) is 5.65 Å². The first-order valence-electron chi connectivity index (χ1n) is 9.00. The Bertz CT molecular complexity index is 976. The lowest BCUT2D eigenvalue weighted by atomic mass is 9.95.